The van der Waals surface area contributed by atoms with Crippen LogP contribution < -0.4 is 0 Å². The van der Waals surface area contributed by atoms with Gasteiger partial charge in [0.1, 0.15) is 0 Å². The molecule has 0 saturated carbocycles. The molecule has 1 aromatic heterocycles. The molecule has 0 radical (unpaired) electrons. The van der Waals surface area contributed by atoms with Gasteiger partial charge < -0.3 is 4.98 Å². The predicted molar refractivity (Wildman–Crippen MR) is 78.4 cm³/mol. The number of fused-ring (bicyclic) bond motifs is 1. The minimum Gasteiger partial charge on any atom is -0.338 e. The third-order valence-corrected chi connectivity index (χ3v) is 3.24. The van der Waals surface area contributed by atoms with Gasteiger partial charge in [-0.2, -0.15) is 0 Å². The summed E-state index contributed by atoms with van der Waals surface area (Å²) >= 11 is 0. The molecule has 1 heterocycles. The van der Waals surface area contributed by atoms with Crippen LogP contribution in [0.15, 0.2) is 58.8 Å². The van der Waals surface area contributed by atoms with E-state index >= 15 is 0 Å². The first kappa shape index (κ1) is 11.7. The molecule has 0 fully saturated rings. The first-order valence-corrected chi connectivity index (χ1v) is 6.30. The molecule has 0 unspecified atom stereocenters. The van der Waals surface area contributed by atoms with Gasteiger partial charge in [0.25, 0.3) is 0 Å². The summed E-state index contributed by atoms with van der Waals surface area (Å²) in [7, 11) is 0. The molecule has 19 heavy (non-hydrogen) atoms. The lowest BCUT2D eigenvalue weighted by atomic mass is 10.2. The lowest BCUT2D eigenvalue weighted by Crippen LogP contribution is -1.69. The Bertz CT molecular complexity index is 736. The zero-order chi connectivity index (χ0) is 13.2. The number of rotatable bonds is 2. The number of aryl methyl sites for hydroxylation is 2. The normalized spacial score (nSPS) is 11.5. The summed E-state index contributed by atoms with van der Waals surface area (Å²) < 4.78 is 0. The number of para-hydroxylation sites is 1. The zero-order valence-corrected chi connectivity index (χ0v) is 11.0. The average Bonchev–Trinajstić information content (AvgIpc) is 2.76. The Morgan fingerprint density at radius 2 is 1.58 bits per heavy atom. The molecule has 2 aromatic carbocycles. The Hall–Kier alpha value is -2.42. The first-order valence-electron chi connectivity index (χ1n) is 6.30. The molecule has 1 N–H and O–H groups in total. The van der Waals surface area contributed by atoms with Crippen molar-refractivity contribution in [3.05, 3.63) is 59.7 Å². The average molecular weight is 249 g/mol. The van der Waals surface area contributed by atoms with Crippen LogP contribution in [0.1, 0.15) is 11.1 Å². The summed E-state index contributed by atoms with van der Waals surface area (Å²) in [6.45, 7) is 4.12. The summed E-state index contributed by atoms with van der Waals surface area (Å²) in [5.41, 5.74) is 4.31. The van der Waals surface area contributed by atoms with E-state index in [4.69, 9.17) is 0 Å². The van der Waals surface area contributed by atoms with Crippen LogP contribution >= 0.6 is 0 Å². The minimum absolute atomic E-state index is 0.821. The monoisotopic (exact) mass is 249 g/mol. The molecule has 3 aromatic rings. The van der Waals surface area contributed by atoms with Crippen LogP contribution in [0.5, 0.6) is 0 Å². The minimum atomic E-state index is 0.821. The van der Waals surface area contributed by atoms with Gasteiger partial charge in [0, 0.05) is 16.5 Å². The van der Waals surface area contributed by atoms with Crippen molar-refractivity contribution in [1.29, 1.82) is 0 Å². The van der Waals surface area contributed by atoms with Gasteiger partial charge in [-0.05, 0) is 32.0 Å². The Morgan fingerprint density at radius 3 is 2.32 bits per heavy atom. The second-order valence-corrected chi connectivity index (χ2v) is 4.68. The highest BCUT2D eigenvalue weighted by Gasteiger charge is 2.05. The second-order valence-electron chi connectivity index (χ2n) is 4.68. The van der Waals surface area contributed by atoms with Crippen LogP contribution in [-0.2, 0) is 0 Å². The van der Waals surface area contributed by atoms with Crippen molar-refractivity contribution in [2.45, 2.75) is 13.8 Å². The fourth-order valence-corrected chi connectivity index (χ4v) is 2.09. The predicted octanol–water partition coefficient (Wildman–Crippen LogP) is 5.20. The van der Waals surface area contributed by atoms with Gasteiger partial charge in [0.05, 0.1) is 5.69 Å². The number of aromatic nitrogens is 1. The number of hydrogen-bond donors (Lipinski definition) is 1. The Morgan fingerprint density at radius 1 is 0.842 bits per heavy atom. The summed E-state index contributed by atoms with van der Waals surface area (Å²) in [6.07, 6.45) is 0. The van der Waals surface area contributed by atoms with E-state index in [-0.39, 0.29) is 0 Å². The van der Waals surface area contributed by atoms with Gasteiger partial charge in [0.15, 0.2) is 5.82 Å². The highest BCUT2D eigenvalue weighted by atomic mass is 15.1. The molecular formula is C16H15N3. The number of aromatic amines is 1. The lowest BCUT2D eigenvalue weighted by molar-refractivity contribution is 1.17. The van der Waals surface area contributed by atoms with Crippen molar-refractivity contribution in [2.24, 2.45) is 10.2 Å². The zero-order valence-electron chi connectivity index (χ0n) is 11.0. The maximum atomic E-state index is 4.31. The number of benzene rings is 2. The molecule has 0 amide bonds. The molecule has 0 aliphatic carbocycles. The number of hydrogen-bond acceptors (Lipinski definition) is 2. The highest BCUT2D eigenvalue weighted by molar-refractivity contribution is 5.87. The lowest BCUT2D eigenvalue weighted by Gasteiger charge is -1.93. The van der Waals surface area contributed by atoms with Crippen molar-refractivity contribution in [2.75, 3.05) is 0 Å². The summed E-state index contributed by atoms with van der Waals surface area (Å²) in [5, 5.41) is 9.77. The van der Waals surface area contributed by atoms with E-state index in [1.165, 1.54) is 10.9 Å². The first-order chi connectivity index (χ1) is 9.24. The third kappa shape index (κ3) is 2.27. The van der Waals surface area contributed by atoms with Crippen LogP contribution in [-0.4, -0.2) is 4.98 Å². The molecule has 0 spiro atoms. The molecule has 0 atom stereocenters. The molecule has 3 nitrogen and oxygen atoms in total. The van der Waals surface area contributed by atoms with Crippen molar-refractivity contribution >= 4 is 22.4 Å². The van der Waals surface area contributed by atoms with Crippen LogP contribution in [0.3, 0.4) is 0 Å². The van der Waals surface area contributed by atoms with Crippen LogP contribution in [0.4, 0.5) is 11.5 Å². The van der Waals surface area contributed by atoms with Crippen LogP contribution in [0.2, 0.25) is 0 Å². The second kappa shape index (κ2) is 4.69. The molecule has 0 aliphatic heterocycles. The van der Waals surface area contributed by atoms with E-state index < -0.39 is 0 Å². The van der Waals surface area contributed by atoms with E-state index in [1.807, 2.05) is 42.5 Å². The number of nitrogens with one attached hydrogen (secondary N) is 1. The molecule has 0 aliphatic rings. The fourth-order valence-electron chi connectivity index (χ4n) is 2.09. The summed E-state index contributed by atoms with van der Waals surface area (Å²) in [6, 6.07) is 16.2. The maximum Gasteiger partial charge on any atom is 0.156 e. The summed E-state index contributed by atoms with van der Waals surface area (Å²) in [4.78, 5) is 3.29. The van der Waals surface area contributed by atoms with E-state index in [2.05, 4.69) is 35.1 Å². The fraction of sp³-hybridized carbons (Fsp3) is 0.125. The smallest absolute Gasteiger partial charge is 0.156 e. The van der Waals surface area contributed by atoms with Crippen LogP contribution in [0, 0.1) is 13.8 Å². The SMILES string of the molecule is Cc1ccc(N=Nc2[nH]c3ccccc3c2C)cc1. The van der Waals surface area contributed by atoms with Crippen LogP contribution in [0.25, 0.3) is 10.9 Å². The van der Waals surface area contributed by atoms with Gasteiger partial charge in [-0.3, -0.25) is 0 Å². The van der Waals surface area contributed by atoms with Gasteiger partial charge in [-0.1, -0.05) is 35.9 Å². The number of H-pyrrole nitrogens is 1. The Labute approximate surface area is 112 Å². The van der Waals surface area contributed by atoms with Crippen molar-refractivity contribution in [1.82, 2.24) is 4.98 Å². The van der Waals surface area contributed by atoms with Gasteiger partial charge in [-0.25, -0.2) is 0 Å². The van der Waals surface area contributed by atoms with Gasteiger partial charge in [-0.15, -0.1) is 10.2 Å². The van der Waals surface area contributed by atoms with Crippen molar-refractivity contribution in [3.8, 4) is 0 Å². The summed E-state index contributed by atoms with van der Waals surface area (Å²) in [5.74, 6) is 0.821. The maximum absolute atomic E-state index is 4.31. The van der Waals surface area contributed by atoms with Gasteiger partial charge in [0.2, 0.25) is 0 Å². The largest absolute Gasteiger partial charge is 0.338 e. The molecular weight excluding hydrogens is 234 g/mol. The van der Waals surface area contributed by atoms with E-state index in [9.17, 15) is 0 Å². The Kier molecular flexibility index (Phi) is 2.88. The topological polar surface area (TPSA) is 40.5 Å². The quantitative estimate of drug-likeness (QED) is 0.606. The van der Waals surface area contributed by atoms with Gasteiger partial charge >= 0.3 is 0 Å². The molecule has 94 valence electrons. The van der Waals surface area contributed by atoms with E-state index in [0.717, 1.165) is 22.6 Å². The van der Waals surface area contributed by atoms with Crippen molar-refractivity contribution < 1.29 is 0 Å². The van der Waals surface area contributed by atoms with E-state index in [1.54, 1.807) is 0 Å². The highest BCUT2D eigenvalue weighted by Crippen LogP contribution is 2.28. The molecule has 3 heteroatoms. The number of nitrogens with zero attached hydrogens (tertiary/aromatic N) is 2. The Balaban J connectivity index is 1.97. The standard InChI is InChI=1S/C16H15N3/c1-11-7-9-13(10-8-11)18-19-16-12(2)14-5-3-4-6-15(14)17-16/h3-10,17H,1-2H3. The number of azo groups is 1. The third-order valence-electron chi connectivity index (χ3n) is 3.24. The molecule has 0 saturated heterocycles. The van der Waals surface area contributed by atoms with Crippen molar-refractivity contribution in [3.63, 3.8) is 0 Å². The molecule has 0 bridgehead atoms. The van der Waals surface area contributed by atoms with E-state index in [0.29, 0.717) is 0 Å². The molecule has 3 rings (SSSR count).